The fourth-order valence-electron chi connectivity index (χ4n) is 11.6. The summed E-state index contributed by atoms with van der Waals surface area (Å²) in [6.45, 7) is 10.7. The minimum Gasteiger partial charge on any atom is -0.463 e. The van der Waals surface area contributed by atoms with Crippen LogP contribution in [0.1, 0.15) is 107 Å². The molecular weight excluding hydrogens is 644 g/mol. The Morgan fingerprint density at radius 1 is 0.804 bits per heavy atom. The van der Waals surface area contributed by atoms with Crippen molar-refractivity contribution in [3.05, 3.63) is 83.4 Å². The van der Waals surface area contributed by atoms with Crippen molar-refractivity contribution in [3.63, 3.8) is 0 Å². The molecule has 0 aromatic heterocycles. The summed E-state index contributed by atoms with van der Waals surface area (Å²) in [5.41, 5.74) is 1.33. The fourth-order valence-corrected chi connectivity index (χ4v) is 11.6. The van der Waals surface area contributed by atoms with Crippen molar-refractivity contribution in [3.8, 4) is 0 Å². The van der Waals surface area contributed by atoms with E-state index >= 15 is 0 Å². The van der Waals surface area contributed by atoms with Gasteiger partial charge in [-0.25, -0.2) is 9.59 Å². The number of esters is 3. The zero-order chi connectivity index (χ0) is 35.8. The average molecular weight is 697 g/mol. The van der Waals surface area contributed by atoms with Crippen LogP contribution in [0.4, 0.5) is 0 Å². The van der Waals surface area contributed by atoms with Gasteiger partial charge in [0.05, 0.1) is 23.8 Å². The second-order valence-corrected chi connectivity index (χ2v) is 17.1. The van der Waals surface area contributed by atoms with E-state index in [1.165, 1.54) is 12.5 Å². The van der Waals surface area contributed by atoms with Crippen molar-refractivity contribution < 1.29 is 38.1 Å². The van der Waals surface area contributed by atoms with Crippen molar-refractivity contribution in [2.45, 2.75) is 116 Å². The molecule has 0 radical (unpaired) electrons. The molecule has 2 heterocycles. The molecule has 2 aliphatic heterocycles. The zero-order valence-corrected chi connectivity index (χ0v) is 30.6. The van der Waals surface area contributed by atoms with E-state index in [0.717, 1.165) is 38.5 Å². The van der Waals surface area contributed by atoms with Crippen LogP contribution < -0.4 is 0 Å². The molecule has 8 heteroatoms. The van der Waals surface area contributed by atoms with Gasteiger partial charge in [-0.2, -0.15) is 0 Å². The van der Waals surface area contributed by atoms with Gasteiger partial charge in [0.2, 0.25) is 0 Å². The van der Waals surface area contributed by atoms with Gasteiger partial charge >= 0.3 is 17.9 Å². The first kappa shape index (κ1) is 34.6. The van der Waals surface area contributed by atoms with E-state index in [4.69, 9.17) is 23.7 Å². The number of benzene rings is 2. The molecule has 0 N–H and O–H groups in total. The van der Waals surface area contributed by atoms with E-state index in [2.05, 4.69) is 26.8 Å². The van der Waals surface area contributed by atoms with Crippen molar-refractivity contribution in [2.75, 3.05) is 6.61 Å². The first-order valence-corrected chi connectivity index (χ1v) is 19.1. The largest absolute Gasteiger partial charge is 0.463 e. The highest BCUT2D eigenvalue weighted by molar-refractivity contribution is 5.90. The van der Waals surface area contributed by atoms with Crippen LogP contribution in [0, 0.1) is 40.4 Å². The van der Waals surface area contributed by atoms with Gasteiger partial charge in [-0.15, -0.1) is 0 Å². The molecule has 5 fully saturated rings. The standard InChI is InChI=1S/C43H52O8/c1-26-37-35(50-43(26)21-20-40(3,25-47-43)51-39(46)29-14-10-7-11-15-29)23-34-32-17-16-30-22-31(48-27(2)44)18-19-41(30,4)33(32)24-36(42(34,37)5)49-38(45)28-12-8-6-9-13-28/h6-15,23,26,30-33,35-37H,16-22,24-25H2,1-5H3/t26-,30-,31-,32+,33-,35-,36-,37-,40-,41-,42+,43+/m0/s1. The lowest BCUT2D eigenvalue weighted by Gasteiger charge is -2.61. The molecule has 3 saturated carbocycles. The van der Waals surface area contributed by atoms with E-state index in [-0.39, 0.29) is 60.1 Å². The van der Waals surface area contributed by atoms with Crippen molar-refractivity contribution in [2.24, 2.45) is 40.4 Å². The molecule has 51 heavy (non-hydrogen) atoms. The van der Waals surface area contributed by atoms with Crippen LogP contribution in [0.2, 0.25) is 0 Å². The van der Waals surface area contributed by atoms with E-state index in [9.17, 15) is 14.4 Å². The molecule has 0 bridgehead atoms. The van der Waals surface area contributed by atoms with Crippen LogP contribution in [0.5, 0.6) is 0 Å². The van der Waals surface area contributed by atoms with Gasteiger partial charge < -0.3 is 23.7 Å². The third-order valence-corrected chi connectivity index (χ3v) is 14.3. The summed E-state index contributed by atoms with van der Waals surface area (Å²) in [4.78, 5) is 38.7. The van der Waals surface area contributed by atoms with Gasteiger partial charge in [-0.05, 0) is 99.3 Å². The molecule has 2 aromatic rings. The minimum absolute atomic E-state index is 0.0104. The number of carbonyl (C=O) groups excluding carboxylic acids is 3. The maximum absolute atomic E-state index is 13.9. The lowest BCUT2D eigenvalue weighted by atomic mass is 9.44. The molecule has 4 aliphatic carbocycles. The Labute approximate surface area is 301 Å². The highest BCUT2D eigenvalue weighted by atomic mass is 16.7. The SMILES string of the molecule is CC(=O)O[C@H]1CC[C@@]2(C)[C@@H](CC[C@H]3C4=C[C@@H]5O[C@]6(CC[C@](C)(OC(=O)c7ccccc7)CO6)[C@@H](C)[C@@H]5[C@@]4(C)[C@@H](OC(=O)c4ccccc4)C[C@@H]32)C1. The van der Waals surface area contributed by atoms with Crippen LogP contribution in [0.25, 0.3) is 0 Å². The summed E-state index contributed by atoms with van der Waals surface area (Å²) in [6.07, 6.45) is 8.79. The molecule has 0 amide bonds. The lowest BCUT2D eigenvalue weighted by Crippen LogP contribution is -2.58. The second-order valence-electron chi connectivity index (χ2n) is 17.1. The van der Waals surface area contributed by atoms with E-state index < -0.39 is 16.8 Å². The Balaban J connectivity index is 1.07. The van der Waals surface area contributed by atoms with Crippen molar-refractivity contribution in [1.82, 2.24) is 0 Å². The molecule has 8 rings (SSSR count). The quantitative estimate of drug-likeness (QED) is 0.176. The molecule has 2 aromatic carbocycles. The molecule has 272 valence electrons. The summed E-state index contributed by atoms with van der Waals surface area (Å²) in [7, 11) is 0. The maximum Gasteiger partial charge on any atom is 0.338 e. The van der Waals surface area contributed by atoms with E-state index in [1.54, 1.807) is 12.1 Å². The zero-order valence-electron chi connectivity index (χ0n) is 30.6. The van der Waals surface area contributed by atoms with E-state index in [1.807, 2.05) is 55.5 Å². The lowest BCUT2D eigenvalue weighted by molar-refractivity contribution is -0.287. The van der Waals surface area contributed by atoms with Gasteiger partial charge in [0.1, 0.15) is 17.8 Å². The second kappa shape index (κ2) is 12.6. The highest BCUT2D eigenvalue weighted by Crippen LogP contribution is 2.70. The Morgan fingerprint density at radius 3 is 2.14 bits per heavy atom. The van der Waals surface area contributed by atoms with Gasteiger partial charge in [-0.1, -0.05) is 68.8 Å². The number of hydrogen-bond donors (Lipinski definition) is 0. The smallest absolute Gasteiger partial charge is 0.338 e. The normalized spacial score (nSPS) is 42.4. The predicted molar refractivity (Wildman–Crippen MR) is 189 cm³/mol. The first-order chi connectivity index (χ1) is 24.4. The van der Waals surface area contributed by atoms with Crippen LogP contribution in [0.3, 0.4) is 0 Å². The molecule has 6 aliphatic rings. The first-order valence-electron chi connectivity index (χ1n) is 19.1. The average Bonchev–Trinajstić information content (AvgIpc) is 3.57. The van der Waals surface area contributed by atoms with Crippen LogP contribution in [-0.4, -0.2) is 54.2 Å². The molecule has 1 spiro atoms. The summed E-state index contributed by atoms with van der Waals surface area (Å²) in [6, 6.07) is 18.4. The molecular formula is C43H52O8. The Bertz CT molecular complexity index is 1690. The topological polar surface area (TPSA) is 97.4 Å². The third-order valence-electron chi connectivity index (χ3n) is 14.3. The monoisotopic (exact) mass is 696 g/mol. The van der Waals surface area contributed by atoms with Gasteiger partial charge in [-0.3, -0.25) is 4.79 Å². The summed E-state index contributed by atoms with van der Waals surface area (Å²) in [5, 5.41) is 0. The number of carbonyl (C=O) groups is 3. The number of rotatable bonds is 5. The minimum atomic E-state index is -0.817. The van der Waals surface area contributed by atoms with E-state index in [0.29, 0.717) is 41.7 Å². The number of ether oxygens (including phenoxy) is 5. The molecule has 0 unspecified atom stereocenters. The van der Waals surface area contributed by atoms with Crippen LogP contribution >= 0.6 is 0 Å². The molecule has 8 nitrogen and oxygen atoms in total. The number of fused-ring (bicyclic) bond motifs is 7. The van der Waals surface area contributed by atoms with Crippen molar-refractivity contribution >= 4 is 17.9 Å². The van der Waals surface area contributed by atoms with Crippen LogP contribution in [0.15, 0.2) is 72.3 Å². The Morgan fingerprint density at radius 2 is 1.49 bits per heavy atom. The maximum atomic E-state index is 13.9. The molecule has 12 atom stereocenters. The Kier molecular flexibility index (Phi) is 8.53. The summed E-state index contributed by atoms with van der Waals surface area (Å²) >= 11 is 0. The molecule has 2 saturated heterocycles. The Hall–Kier alpha value is -3.49. The highest BCUT2D eigenvalue weighted by Gasteiger charge is 2.70. The predicted octanol–water partition coefficient (Wildman–Crippen LogP) is 8.10. The van der Waals surface area contributed by atoms with Gasteiger partial charge in [0, 0.05) is 30.6 Å². The number of hydrogen-bond acceptors (Lipinski definition) is 8. The van der Waals surface area contributed by atoms with Crippen LogP contribution in [-0.2, 0) is 28.5 Å². The summed E-state index contributed by atoms with van der Waals surface area (Å²) in [5.74, 6) is -0.415. The van der Waals surface area contributed by atoms with Gasteiger partial charge in [0.25, 0.3) is 0 Å². The summed E-state index contributed by atoms with van der Waals surface area (Å²) < 4.78 is 32.2. The fraction of sp³-hybridized carbons (Fsp3) is 0.605. The third kappa shape index (κ3) is 5.67. The van der Waals surface area contributed by atoms with Gasteiger partial charge in [0.15, 0.2) is 5.79 Å². The van der Waals surface area contributed by atoms with Crippen molar-refractivity contribution in [1.29, 1.82) is 0 Å².